The number of anilines is 1. The first kappa shape index (κ1) is 19.8. The Kier molecular flexibility index (Phi) is 5.50. The highest BCUT2D eigenvalue weighted by molar-refractivity contribution is 6.35. The predicted octanol–water partition coefficient (Wildman–Crippen LogP) is 5.32. The Labute approximate surface area is 181 Å². The summed E-state index contributed by atoms with van der Waals surface area (Å²) in [7, 11) is 0. The largest absolute Gasteiger partial charge is 0.340 e. The van der Waals surface area contributed by atoms with E-state index in [4.69, 9.17) is 34.8 Å². The fourth-order valence-electron chi connectivity index (χ4n) is 3.06. The van der Waals surface area contributed by atoms with Crippen LogP contribution in [0.5, 0.6) is 0 Å². The average Bonchev–Trinajstić information content (AvgIpc) is 3.20. The van der Waals surface area contributed by atoms with Gasteiger partial charge in [0.15, 0.2) is 0 Å². The van der Waals surface area contributed by atoms with Crippen molar-refractivity contribution in [3.63, 3.8) is 0 Å². The average molecular weight is 449 g/mol. The number of carbonyl (C=O) groups excluding carboxylic acids is 1. The number of aromatic nitrogens is 4. The van der Waals surface area contributed by atoms with E-state index in [2.05, 4.69) is 20.3 Å². The molecular formula is C20H16Cl3N5O. The summed E-state index contributed by atoms with van der Waals surface area (Å²) in [6.45, 7) is 1.85. The van der Waals surface area contributed by atoms with Gasteiger partial charge in [0.2, 0.25) is 11.9 Å². The summed E-state index contributed by atoms with van der Waals surface area (Å²) in [4.78, 5) is 24.0. The maximum Gasteiger partial charge on any atom is 0.223 e. The van der Waals surface area contributed by atoms with Crippen LogP contribution in [0, 0.1) is 0 Å². The van der Waals surface area contributed by atoms with Gasteiger partial charge in [-0.15, -0.1) is 0 Å². The molecule has 0 saturated heterocycles. The molecule has 2 N–H and O–H groups in total. The van der Waals surface area contributed by atoms with Gasteiger partial charge in [-0.1, -0.05) is 40.9 Å². The normalized spacial score (nSPS) is 11.2. The minimum absolute atomic E-state index is 0.204. The number of aromatic amines is 1. The first-order valence-electron chi connectivity index (χ1n) is 8.79. The number of rotatable bonds is 5. The van der Waals surface area contributed by atoms with Crippen LogP contribution < -0.4 is 5.32 Å². The van der Waals surface area contributed by atoms with E-state index in [0.717, 1.165) is 28.1 Å². The monoisotopic (exact) mass is 447 g/mol. The van der Waals surface area contributed by atoms with Gasteiger partial charge in [-0.05, 0) is 35.9 Å². The summed E-state index contributed by atoms with van der Waals surface area (Å²) in [6, 6.07) is 10.8. The Morgan fingerprint density at radius 3 is 2.62 bits per heavy atom. The van der Waals surface area contributed by atoms with Crippen LogP contribution >= 0.6 is 34.8 Å². The molecule has 2 heterocycles. The number of halogens is 3. The second-order valence-electron chi connectivity index (χ2n) is 6.62. The highest BCUT2D eigenvalue weighted by Crippen LogP contribution is 2.24. The van der Waals surface area contributed by atoms with E-state index >= 15 is 0 Å². The molecular weight excluding hydrogens is 433 g/mol. The lowest BCUT2D eigenvalue weighted by molar-refractivity contribution is -0.114. The van der Waals surface area contributed by atoms with Crippen molar-refractivity contribution in [1.82, 2.24) is 19.5 Å². The zero-order valence-corrected chi connectivity index (χ0v) is 17.6. The van der Waals surface area contributed by atoms with Crippen LogP contribution in [0.4, 0.5) is 5.95 Å². The number of benzene rings is 2. The van der Waals surface area contributed by atoms with Crippen LogP contribution in [0.15, 0.2) is 42.6 Å². The van der Waals surface area contributed by atoms with Gasteiger partial charge in [-0.25, -0.2) is 9.97 Å². The van der Waals surface area contributed by atoms with Crippen molar-refractivity contribution in [2.45, 2.75) is 19.9 Å². The van der Waals surface area contributed by atoms with Gasteiger partial charge >= 0.3 is 0 Å². The van der Waals surface area contributed by atoms with Crippen LogP contribution in [-0.4, -0.2) is 25.4 Å². The Bertz CT molecular complexity index is 1210. The summed E-state index contributed by atoms with van der Waals surface area (Å²) in [5.74, 6) is 0.961. The zero-order chi connectivity index (χ0) is 20.5. The fraction of sp³-hybridized carbons (Fsp3) is 0.150. The first-order valence-corrected chi connectivity index (χ1v) is 9.92. The third-order valence-corrected chi connectivity index (χ3v) is 5.14. The highest BCUT2D eigenvalue weighted by atomic mass is 35.5. The molecule has 148 valence electrons. The molecule has 2 aromatic carbocycles. The lowest BCUT2D eigenvalue weighted by Crippen LogP contribution is -2.12. The van der Waals surface area contributed by atoms with Gasteiger partial charge in [0.1, 0.15) is 5.82 Å². The van der Waals surface area contributed by atoms with Gasteiger partial charge in [-0.3, -0.25) is 10.1 Å². The maximum atomic E-state index is 11.6. The molecule has 29 heavy (non-hydrogen) atoms. The first-order chi connectivity index (χ1) is 13.9. The van der Waals surface area contributed by atoms with Gasteiger partial charge in [-0.2, -0.15) is 0 Å². The summed E-state index contributed by atoms with van der Waals surface area (Å²) in [5, 5.41) is 4.55. The van der Waals surface area contributed by atoms with Crippen molar-refractivity contribution in [2.24, 2.45) is 0 Å². The van der Waals surface area contributed by atoms with Gasteiger partial charge in [0, 0.05) is 34.6 Å². The molecule has 0 radical (unpaired) electrons. The van der Waals surface area contributed by atoms with Crippen molar-refractivity contribution >= 4 is 57.7 Å². The molecule has 0 atom stereocenters. The Morgan fingerprint density at radius 1 is 1.10 bits per heavy atom. The molecule has 0 bridgehead atoms. The fourth-order valence-corrected chi connectivity index (χ4v) is 3.71. The number of carbonyl (C=O) groups is 1. The lowest BCUT2D eigenvalue weighted by atomic mass is 10.1. The molecule has 6 nitrogen and oxygen atoms in total. The predicted molar refractivity (Wildman–Crippen MR) is 116 cm³/mol. The molecule has 0 saturated carbocycles. The summed E-state index contributed by atoms with van der Waals surface area (Å²) >= 11 is 18.3. The second kappa shape index (κ2) is 8.06. The molecule has 9 heteroatoms. The minimum Gasteiger partial charge on any atom is -0.340 e. The number of nitrogens with one attached hydrogen (secondary N) is 2. The van der Waals surface area contributed by atoms with Crippen molar-refractivity contribution in [3.8, 4) is 0 Å². The van der Waals surface area contributed by atoms with Gasteiger partial charge in [0.25, 0.3) is 0 Å². The standard InChI is InChI=1S/C20H16Cl3N5O/c1-11(29)24-20-25-15(6-12-2-3-13(21)7-16(12)23)9-28(20)10-19-26-17-5-4-14(22)8-18(17)27-19/h2-5,7-9H,6,10H2,1H3,(H,26,27)(H,24,25,29). The maximum absolute atomic E-state index is 11.6. The number of amides is 1. The summed E-state index contributed by atoms with van der Waals surface area (Å²) in [6.07, 6.45) is 2.38. The van der Waals surface area contributed by atoms with Crippen LogP contribution in [0.25, 0.3) is 11.0 Å². The quantitative estimate of drug-likeness (QED) is 0.434. The van der Waals surface area contributed by atoms with Crippen LogP contribution in [0.3, 0.4) is 0 Å². The van der Waals surface area contributed by atoms with Crippen LogP contribution in [0.1, 0.15) is 24.0 Å². The minimum atomic E-state index is -0.204. The number of hydrogen-bond acceptors (Lipinski definition) is 3. The van der Waals surface area contributed by atoms with E-state index in [0.29, 0.717) is 34.0 Å². The number of nitrogens with zero attached hydrogens (tertiary/aromatic N) is 3. The van der Waals surface area contributed by atoms with Crippen molar-refractivity contribution in [1.29, 1.82) is 0 Å². The molecule has 0 spiro atoms. The Balaban J connectivity index is 1.64. The van der Waals surface area contributed by atoms with E-state index in [-0.39, 0.29) is 5.91 Å². The topological polar surface area (TPSA) is 75.6 Å². The Morgan fingerprint density at radius 2 is 1.86 bits per heavy atom. The molecule has 0 aliphatic rings. The molecule has 4 aromatic rings. The summed E-state index contributed by atoms with van der Waals surface area (Å²) in [5.41, 5.74) is 3.33. The van der Waals surface area contributed by atoms with Crippen molar-refractivity contribution in [2.75, 3.05) is 5.32 Å². The van der Waals surface area contributed by atoms with Gasteiger partial charge in [0.05, 0.1) is 23.3 Å². The van der Waals surface area contributed by atoms with E-state index in [9.17, 15) is 4.79 Å². The van der Waals surface area contributed by atoms with E-state index < -0.39 is 0 Å². The smallest absolute Gasteiger partial charge is 0.223 e. The molecule has 0 aliphatic heterocycles. The molecule has 4 rings (SSSR count). The van der Waals surface area contributed by atoms with Crippen molar-refractivity contribution < 1.29 is 4.79 Å². The Hall–Kier alpha value is -2.54. The van der Waals surface area contributed by atoms with Crippen LogP contribution in [0.2, 0.25) is 15.1 Å². The molecule has 0 unspecified atom stereocenters. The zero-order valence-electron chi connectivity index (χ0n) is 15.3. The third kappa shape index (κ3) is 4.56. The van der Waals surface area contributed by atoms with Crippen molar-refractivity contribution in [3.05, 3.63) is 74.7 Å². The number of hydrogen-bond donors (Lipinski definition) is 2. The van der Waals surface area contributed by atoms with Gasteiger partial charge < -0.3 is 9.55 Å². The lowest BCUT2D eigenvalue weighted by Gasteiger charge is -2.05. The summed E-state index contributed by atoms with van der Waals surface area (Å²) < 4.78 is 1.83. The molecule has 1 amide bonds. The number of fused-ring (bicyclic) bond motifs is 1. The van der Waals surface area contributed by atoms with E-state index in [1.807, 2.05) is 29.0 Å². The van der Waals surface area contributed by atoms with E-state index in [1.54, 1.807) is 18.2 Å². The highest BCUT2D eigenvalue weighted by Gasteiger charge is 2.13. The second-order valence-corrected chi connectivity index (χ2v) is 7.90. The molecule has 0 aliphatic carbocycles. The SMILES string of the molecule is CC(=O)Nc1nc(Cc2ccc(Cl)cc2Cl)cn1Cc1nc2ccc(Cl)cc2[nH]1. The number of H-pyrrole nitrogens is 1. The molecule has 0 fully saturated rings. The molecule has 2 aromatic heterocycles. The number of imidazole rings is 2. The third-order valence-electron chi connectivity index (χ3n) is 4.31. The van der Waals surface area contributed by atoms with E-state index in [1.165, 1.54) is 6.92 Å². The van der Waals surface area contributed by atoms with Crippen LogP contribution in [-0.2, 0) is 17.8 Å².